The van der Waals surface area contributed by atoms with E-state index in [1.807, 2.05) is 27.7 Å². The topological polar surface area (TPSA) is 134 Å². The van der Waals surface area contributed by atoms with Crippen molar-refractivity contribution in [2.75, 3.05) is 6.54 Å². The normalized spacial score (nSPS) is 11.3. The third-order valence-electron chi connectivity index (χ3n) is 3.75. The molecular weight excluding hydrogens is 340 g/mol. The van der Waals surface area contributed by atoms with Crippen molar-refractivity contribution in [1.82, 2.24) is 19.9 Å². The minimum Gasteiger partial charge on any atom is -0.480 e. The summed E-state index contributed by atoms with van der Waals surface area (Å²) in [5, 5.41) is 11.0. The summed E-state index contributed by atoms with van der Waals surface area (Å²) >= 11 is 0. The summed E-state index contributed by atoms with van der Waals surface area (Å²) in [6.07, 6.45) is 0. The molecular formula is C17H22N4O5. The lowest BCUT2D eigenvalue weighted by Crippen LogP contribution is -2.35. The number of aliphatic carboxylic acids is 1. The van der Waals surface area contributed by atoms with E-state index >= 15 is 0 Å². The number of hydrogen-bond donors (Lipinski definition) is 3. The number of aromatic amines is 1. The summed E-state index contributed by atoms with van der Waals surface area (Å²) in [6.45, 7) is 7.29. The molecule has 0 aliphatic heterocycles. The first-order chi connectivity index (χ1) is 12.1. The highest BCUT2D eigenvalue weighted by molar-refractivity contribution is 6.06. The van der Waals surface area contributed by atoms with Gasteiger partial charge in [0.1, 0.15) is 6.54 Å². The number of carboxylic acids is 1. The van der Waals surface area contributed by atoms with Crippen LogP contribution in [0.3, 0.4) is 0 Å². The van der Waals surface area contributed by atoms with Crippen LogP contribution in [0.1, 0.15) is 49.7 Å². The zero-order chi connectivity index (χ0) is 19.6. The molecule has 2 rings (SSSR count). The second-order valence-electron chi connectivity index (χ2n) is 6.79. The Hall–Kier alpha value is -2.97. The summed E-state index contributed by atoms with van der Waals surface area (Å²) in [4.78, 5) is 54.5. The van der Waals surface area contributed by atoms with Crippen LogP contribution in [-0.4, -0.2) is 38.1 Å². The molecule has 0 fully saturated rings. The number of amides is 1. The smallest absolute Gasteiger partial charge is 0.330 e. The van der Waals surface area contributed by atoms with E-state index in [9.17, 15) is 19.2 Å². The second-order valence-corrected chi connectivity index (χ2v) is 6.79. The molecule has 0 unspecified atom stereocenters. The van der Waals surface area contributed by atoms with Crippen LogP contribution < -0.4 is 16.6 Å². The predicted molar refractivity (Wildman–Crippen MR) is 95.5 cm³/mol. The zero-order valence-electron chi connectivity index (χ0n) is 15.1. The molecule has 0 atom stereocenters. The van der Waals surface area contributed by atoms with E-state index < -0.39 is 29.7 Å². The molecule has 140 valence electrons. The molecule has 0 bridgehead atoms. The highest BCUT2D eigenvalue weighted by Crippen LogP contribution is 2.20. The van der Waals surface area contributed by atoms with Crippen LogP contribution in [0.2, 0.25) is 0 Å². The van der Waals surface area contributed by atoms with Gasteiger partial charge in [0, 0.05) is 12.2 Å². The first-order valence-corrected chi connectivity index (χ1v) is 8.29. The van der Waals surface area contributed by atoms with Crippen LogP contribution in [0.25, 0.3) is 11.0 Å². The fraction of sp³-hybridized carbons (Fsp3) is 0.471. The van der Waals surface area contributed by atoms with Gasteiger partial charge in [-0.15, -0.1) is 0 Å². The Balaban J connectivity index is 2.82. The lowest BCUT2D eigenvalue weighted by atomic mass is 10.0. The average molecular weight is 362 g/mol. The minimum absolute atomic E-state index is 0.00120. The Morgan fingerprint density at radius 3 is 2.46 bits per heavy atom. The fourth-order valence-electron chi connectivity index (χ4n) is 2.55. The Labute approximate surface area is 149 Å². The van der Waals surface area contributed by atoms with Gasteiger partial charge in [-0.1, -0.05) is 27.7 Å². The highest BCUT2D eigenvalue weighted by Gasteiger charge is 2.21. The van der Waals surface area contributed by atoms with Crippen LogP contribution in [0, 0.1) is 5.92 Å². The molecule has 9 heteroatoms. The van der Waals surface area contributed by atoms with Gasteiger partial charge in [-0.2, -0.15) is 0 Å². The maximum Gasteiger partial charge on any atom is 0.330 e. The number of carbonyl (C=O) groups is 2. The molecule has 26 heavy (non-hydrogen) atoms. The van der Waals surface area contributed by atoms with Crippen molar-refractivity contribution in [2.24, 2.45) is 5.92 Å². The molecule has 2 heterocycles. The number of pyridine rings is 1. The van der Waals surface area contributed by atoms with E-state index in [1.54, 1.807) is 0 Å². The highest BCUT2D eigenvalue weighted by atomic mass is 16.4. The van der Waals surface area contributed by atoms with Crippen molar-refractivity contribution in [1.29, 1.82) is 0 Å². The molecule has 2 aromatic rings. The monoisotopic (exact) mass is 362 g/mol. The Morgan fingerprint density at radius 1 is 1.27 bits per heavy atom. The van der Waals surface area contributed by atoms with Crippen LogP contribution in [0.15, 0.2) is 15.7 Å². The molecule has 0 aliphatic rings. The van der Waals surface area contributed by atoms with Crippen LogP contribution in [0.5, 0.6) is 0 Å². The van der Waals surface area contributed by atoms with Gasteiger partial charge in [0.05, 0.1) is 10.9 Å². The number of aromatic nitrogens is 3. The molecule has 0 saturated heterocycles. The van der Waals surface area contributed by atoms with Gasteiger partial charge in [-0.25, -0.2) is 9.78 Å². The number of carboxylic acid groups (broad SMARTS) is 1. The summed E-state index contributed by atoms with van der Waals surface area (Å²) in [5.74, 6) is -1.86. The maximum atomic E-state index is 12.5. The summed E-state index contributed by atoms with van der Waals surface area (Å²) in [5.41, 5.74) is -0.673. The summed E-state index contributed by atoms with van der Waals surface area (Å²) < 4.78 is 1.33. The second kappa shape index (κ2) is 7.51. The van der Waals surface area contributed by atoms with E-state index in [-0.39, 0.29) is 28.4 Å². The van der Waals surface area contributed by atoms with Crippen molar-refractivity contribution in [2.45, 2.75) is 40.2 Å². The lowest BCUT2D eigenvalue weighted by molar-refractivity contribution is -0.135. The lowest BCUT2D eigenvalue weighted by Gasteiger charge is -2.15. The van der Waals surface area contributed by atoms with Gasteiger partial charge in [-0.3, -0.25) is 23.9 Å². The van der Waals surface area contributed by atoms with Gasteiger partial charge in [0.25, 0.3) is 11.5 Å². The third-order valence-corrected chi connectivity index (χ3v) is 3.75. The van der Waals surface area contributed by atoms with Crippen molar-refractivity contribution < 1.29 is 14.7 Å². The maximum absolute atomic E-state index is 12.5. The van der Waals surface area contributed by atoms with E-state index in [0.717, 1.165) is 0 Å². The van der Waals surface area contributed by atoms with Crippen molar-refractivity contribution in [3.05, 3.63) is 38.2 Å². The Kier molecular flexibility index (Phi) is 5.59. The summed E-state index contributed by atoms with van der Waals surface area (Å²) in [6, 6.07) is 1.46. The molecule has 3 N–H and O–H groups in total. The van der Waals surface area contributed by atoms with E-state index in [1.165, 1.54) is 10.6 Å². The molecule has 0 saturated carbocycles. The number of fused-ring (bicyclic) bond motifs is 1. The van der Waals surface area contributed by atoms with Gasteiger partial charge < -0.3 is 10.4 Å². The quantitative estimate of drug-likeness (QED) is 0.692. The van der Waals surface area contributed by atoms with Crippen molar-refractivity contribution in [3.63, 3.8) is 0 Å². The summed E-state index contributed by atoms with van der Waals surface area (Å²) in [7, 11) is 0. The standard InChI is InChI=1S/C17H22N4O5/c1-8(2)7-21-14-13(16(25)20-17(21)26)10(5-11(19-14)9(3)4)15(24)18-6-12(22)23/h5,8-9H,6-7H2,1-4H3,(H,18,24)(H,22,23)(H,20,25,26). The SMILES string of the molecule is CC(C)Cn1c(=O)[nH]c(=O)c2c(C(=O)NCC(=O)O)cc(C(C)C)nc21. The van der Waals surface area contributed by atoms with Gasteiger partial charge >= 0.3 is 11.7 Å². The van der Waals surface area contributed by atoms with E-state index in [0.29, 0.717) is 12.2 Å². The molecule has 9 nitrogen and oxygen atoms in total. The van der Waals surface area contributed by atoms with E-state index in [4.69, 9.17) is 5.11 Å². The number of H-pyrrole nitrogens is 1. The zero-order valence-corrected chi connectivity index (χ0v) is 15.1. The number of nitrogens with zero attached hydrogens (tertiary/aromatic N) is 2. The van der Waals surface area contributed by atoms with E-state index in [2.05, 4.69) is 15.3 Å². The fourth-order valence-corrected chi connectivity index (χ4v) is 2.55. The third kappa shape index (κ3) is 3.98. The first kappa shape index (κ1) is 19.4. The number of nitrogens with one attached hydrogen (secondary N) is 2. The number of carbonyl (C=O) groups excluding carboxylic acids is 1. The van der Waals surface area contributed by atoms with Crippen LogP contribution in [0.4, 0.5) is 0 Å². The average Bonchev–Trinajstić information content (AvgIpc) is 2.54. The first-order valence-electron chi connectivity index (χ1n) is 8.29. The number of hydrogen-bond acceptors (Lipinski definition) is 5. The molecule has 0 radical (unpaired) electrons. The largest absolute Gasteiger partial charge is 0.480 e. The van der Waals surface area contributed by atoms with Gasteiger partial charge in [0.15, 0.2) is 5.65 Å². The van der Waals surface area contributed by atoms with Gasteiger partial charge in [-0.05, 0) is 17.9 Å². The minimum atomic E-state index is -1.20. The van der Waals surface area contributed by atoms with Crippen LogP contribution >= 0.6 is 0 Å². The molecule has 0 aromatic carbocycles. The van der Waals surface area contributed by atoms with Crippen molar-refractivity contribution >= 4 is 22.9 Å². The van der Waals surface area contributed by atoms with Crippen molar-refractivity contribution in [3.8, 4) is 0 Å². The molecule has 1 amide bonds. The Bertz CT molecular complexity index is 972. The van der Waals surface area contributed by atoms with Crippen LogP contribution in [-0.2, 0) is 11.3 Å². The molecule has 0 aliphatic carbocycles. The number of rotatable bonds is 6. The Morgan fingerprint density at radius 2 is 1.92 bits per heavy atom. The predicted octanol–water partition coefficient (Wildman–Crippen LogP) is 0.679. The molecule has 0 spiro atoms. The molecule has 2 aromatic heterocycles. The van der Waals surface area contributed by atoms with Gasteiger partial charge in [0.2, 0.25) is 0 Å².